The molecule has 62 valence electrons. The molecule has 0 aromatic carbocycles. The summed E-state index contributed by atoms with van der Waals surface area (Å²) in [7, 11) is 1.83. The van der Waals surface area contributed by atoms with Crippen LogP contribution in [0.2, 0.25) is 0 Å². The lowest BCUT2D eigenvalue weighted by Crippen LogP contribution is -1.92. The maximum absolute atomic E-state index is 10.2. The molecule has 2 nitrogen and oxygen atoms in total. The van der Waals surface area contributed by atoms with Crippen molar-refractivity contribution in [1.82, 2.24) is 4.57 Å². The second kappa shape index (κ2) is 5.13. The molecular weight excluding hydrogens is 206 g/mol. The van der Waals surface area contributed by atoms with Crippen molar-refractivity contribution in [3.63, 3.8) is 0 Å². The van der Waals surface area contributed by atoms with Gasteiger partial charge in [0.1, 0.15) is 0 Å². The highest BCUT2D eigenvalue weighted by Gasteiger charge is 1.97. The molecule has 11 heavy (non-hydrogen) atoms. The first kappa shape index (κ1) is 10.4. The van der Waals surface area contributed by atoms with Crippen LogP contribution in [0.1, 0.15) is 24.3 Å². The number of halogens is 1. The summed E-state index contributed by atoms with van der Waals surface area (Å²) >= 11 is 3.26. The van der Waals surface area contributed by atoms with E-state index in [4.69, 9.17) is 0 Å². The molecule has 0 atom stereocenters. The molecule has 0 radical (unpaired) electrons. The topological polar surface area (TPSA) is 22.0 Å². The van der Waals surface area contributed by atoms with Gasteiger partial charge in [-0.15, -0.1) is 0 Å². The summed E-state index contributed by atoms with van der Waals surface area (Å²) < 4.78 is 2.69. The monoisotopic (exact) mass is 217 g/mol. The first-order chi connectivity index (χ1) is 5.25. The summed E-state index contributed by atoms with van der Waals surface area (Å²) in [5.74, 6) is 0. The van der Waals surface area contributed by atoms with Crippen LogP contribution in [-0.2, 0) is 7.05 Å². The molecule has 0 aliphatic carbocycles. The van der Waals surface area contributed by atoms with Crippen molar-refractivity contribution >= 4 is 22.2 Å². The lowest BCUT2D eigenvalue weighted by Gasteiger charge is -1.93. The largest absolute Gasteiger partial charge is 0.336 e. The van der Waals surface area contributed by atoms with Gasteiger partial charge in [-0.3, -0.25) is 4.79 Å². The molecular formula is C8H12BrNO. The second-order valence-corrected chi connectivity index (χ2v) is 2.57. The van der Waals surface area contributed by atoms with E-state index in [1.165, 1.54) is 0 Å². The Balaban J connectivity index is 0.000000461. The average molecular weight is 218 g/mol. The summed E-state index contributed by atoms with van der Waals surface area (Å²) in [5, 5.41) is 0. The second-order valence-electron chi connectivity index (χ2n) is 1.76. The fraction of sp³-hybridized carbons (Fsp3) is 0.375. The van der Waals surface area contributed by atoms with Crippen molar-refractivity contribution in [2.75, 3.05) is 0 Å². The van der Waals surface area contributed by atoms with E-state index in [-0.39, 0.29) is 0 Å². The van der Waals surface area contributed by atoms with E-state index in [9.17, 15) is 4.79 Å². The fourth-order valence-corrected chi connectivity index (χ4v) is 0.956. The van der Waals surface area contributed by atoms with Crippen molar-refractivity contribution in [1.29, 1.82) is 0 Å². The maximum Gasteiger partial charge on any atom is 0.166 e. The summed E-state index contributed by atoms with van der Waals surface area (Å²) in [6.07, 6.45) is 0.824. The molecule has 1 aromatic heterocycles. The zero-order chi connectivity index (χ0) is 8.85. The van der Waals surface area contributed by atoms with Crippen LogP contribution < -0.4 is 0 Å². The van der Waals surface area contributed by atoms with Gasteiger partial charge in [0, 0.05) is 7.05 Å². The average Bonchev–Trinajstić information content (AvgIpc) is 2.37. The molecule has 0 unspecified atom stereocenters. The molecule has 0 aliphatic rings. The Morgan fingerprint density at radius 3 is 2.18 bits per heavy atom. The Bertz CT molecular complexity index is 230. The van der Waals surface area contributed by atoms with Gasteiger partial charge in [0.15, 0.2) is 6.29 Å². The van der Waals surface area contributed by atoms with E-state index in [0.717, 1.165) is 10.9 Å². The zero-order valence-electron chi connectivity index (χ0n) is 6.97. The van der Waals surface area contributed by atoms with Gasteiger partial charge < -0.3 is 4.57 Å². The number of carbonyl (C=O) groups excluding carboxylic acids is 1. The van der Waals surface area contributed by atoms with Crippen LogP contribution in [0.5, 0.6) is 0 Å². The van der Waals surface area contributed by atoms with Gasteiger partial charge in [-0.2, -0.15) is 0 Å². The third-order valence-corrected chi connectivity index (χ3v) is 2.02. The minimum Gasteiger partial charge on any atom is -0.336 e. The van der Waals surface area contributed by atoms with Crippen LogP contribution >= 0.6 is 15.9 Å². The van der Waals surface area contributed by atoms with E-state index in [0.29, 0.717) is 5.69 Å². The van der Waals surface area contributed by atoms with Crippen LogP contribution in [0.3, 0.4) is 0 Å². The molecule has 0 N–H and O–H groups in total. The maximum atomic E-state index is 10.2. The lowest BCUT2D eigenvalue weighted by molar-refractivity contribution is 0.111. The highest BCUT2D eigenvalue weighted by atomic mass is 79.9. The van der Waals surface area contributed by atoms with Crippen molar-refractivity contribution in [3.05, 3.63) is 22.4 Å². The number of nitrogens with zero attached hydrogens (tertiary/aromatic N) is 1. The minimum atomic E-state index is 0.682. The SMILES string of the molecule is CC.Cn1c(Br)ccc1C=O. The Labute approximate surface area is 75.3 Å². The van der Waals surface area contributed by atoms with Gasteiger partial charge in [0.25, 0.3) is 0 Å². The first-order valence-corrected chi connectivity index (χ1v) is 4.31. The third-order valence-electron chi connectivity index (χ3n) is 1.22. The molecule has 0 saturated carbocycles. The predicted molar refractivity (Wildman–Crippen MR) is 49.8 cm³/mol. The Kier molecular flexibility index (Phi) is 4.86. The summed E-state index contributed by atoms with van der Waals surface area (Å²) in [4.78, 5) is 10.2. The molecule has 3 heteroatoms. The van der Waals surface area contributed by atoms with Gasteiger partial charge in [0.05, 0.1) is 10.3 Å². The molecule has 1 aromatic rings. The molecule has 1 heterocycles. The normalized spacial score (nSPS) is 8.36. The van der Waals surface area contributed by atoms with E-state index >= 15 is 0 Å². The van der Waals surface area contributed by atoms with E-state index in [1.54, 1.807) is 10.6 Å². The first-order valence-electron chi connectivity index (χ1n) is 3.52. The van der Waals surface area contributed by atoms with Crippen LogP contribution in [0, 0.1) is 0 Å². The van der Waals surface area contributed by atoms with Gasteiger partial charge in [-0.05, 0) is 28.1 Å². The third kappa shape index (κ3) is 2.50. The number of rotatable bonds is 1. The number of hydrogen-bond acceptors (Lipinski definition) is 1. The molecule has 0 aliphatic heterocycles. The van der Waals surface area contributed by atoms with Crippen molar-refractivity contribution in [3.8, 4) is 0 Å². The minimum absolute atomic E-state index is 0.682. The van der Waals surface area contributed by atoms with E-state index < -0.39 is 0 Å². The molecule has 0 bridgehead atoms. The molecule has 0 fully saturated rings. The van der Waals surface area contributed by atoms with Crippen LogP contribution in [0.15, 0.2) is 16.7 Å². The van der Waals surface area contributed by atoms with Crippen molar-refractivity contribution < 1.29 is 4.79 Å². The fourth-order valence-electron chi connectivity index (χ4n) is 0.619. The van der Waals surface area contributed by atoms with Crippen LogP contribution in [-0.4, -0.2) is 10.9 Å². The number of aldehydes is 1. The summed E-state index contributed by atoms with van der Waals surface area (Å²) in [6.45, 7) is 4.00. The summed E-state index contributed by atoms with van der Waals surface area (Å²) in [5.41, 5.74) is 0.682. The molecule has 0 saturated heterocycles. The standard InChI is InChI=1S/C6H6BrNO.C2H6/c1-8-5(4-9)2-3-6(8)7;1-2/h2-4H,1H3;1-2H3. The highest BCUT2D eigenvalue weighted by Crippen LogP contribution is 2.11. The van der Waals surface area contributed by atoms with Gasteiger partial charge >= 0.3 is 0 Å². The number of aromatic nitrogens is 1. The summed E-state index contributed by atoms with van der Waals surface area (Å²) in [6, 6.07) is 3.60. The Hall–Kier alpha value is -0.570. The van der Waals surface area contributed by atoms with E-state index in [1.807, 2.05) is 27.0 Å². The van der Waals surface area contributed by atoms with Crippen molar-refractivity contribution in [2.45, 2.75) is 13.8 Å². The Morgan fingerprint density at radius 1 is 1.45 bits per heavy atom. The smallest absolute Gasteiger partial charge is 0.166 e. The predicted octanol–water partition coefficient (Wildman–Crippen LogP) is 2.63. The lowest BCUT2D eigenvalue weighted by atomic mass is 10.5. The van der Waals surface area contributed by atoms with Gasteiger partial charge in [0.2, 0.25) is 0 Å². The van der Waals surface area contributed by atoms with E-state index in [2.05, 4.69) is 15.9 Å². The number of hydrogen-bond donors (Lipinski definition) is 0. The number of carbonyl (C=O) groups is 1. The quantitative estimate of drug-likeness (QED) is 0.664. The van der Waals surface area contributed by atoms with Gasteiger partial charge in [-0.25, -0.2) is 0 Å². The Morgan fingerprint density at radius 2 is 2.00 bits per heavy atom. The molecule has 0 spiro atoms. The molecule has 1 rings (SSSR count). The van der Waals surface area contributed by atoms with Crippen molar-refractivity contribution in [2.24, 2.45) is 7.05 Å². The van der Waals surface area contributed by atoms with Gasteiger partial charge in [-0.1, -0.05) is 13.8 Å². The van der Waals surface area contributed by atoms with Crippen LogP contribution in [0.25, 0.3) is 0 Å². The highest BCUT2D eigenvalue weighted by molar-refractivity contribution is 9.10. The zero-order valence-corrected chi connectivity index (χ0v) is 8.55. The van der Waals surface area contributed by atoms with Crippen LogP contribution in [0.4, 0.5) is 0 Å². The molecule has 0 amide bonds.